The molecule has 11 nitrogen and oxygen atoms in total. The van der Waals surface area contributed by atoms with E-state index in [2.05, 4.69) is 0 Å². The first-order chi connectivity index (χ1) is 16.6. The maximum absolute atomic E-state index is 13.6. The van der Waals surface area contributed by atoms with E-state index < -0.39 is 51.6 Å². The predicted molar refractivity (Wildman–Crippen MR) is 123 cm³/mol. The molecule has 3 amide bonds. The van der Waals surface area contributed by atoms with Gasteiger partial charge in [0.1, 0.15) is 0 Å². The average Bonchev–Trinajstić information content (AvgIpc) is 3.07. The van der Waals surface area contributed by atoms with Crippen LogP contribution in [-0.2, 0) is 16.1 Å². The lowest BCUT2D eigenvalue weighted by Crippen LogP contribution is -2.49. The zero-order valence-electron chi connectivity index (χ0n) is 18.4. The maximum atomic E-state index is 13.6. The number of allylic oxidation sites excluding steroid dienone is 2. The van der Waals surface area contributed by atoms with Crippen molar-refractivity contribution in [1.29, 1.82) is 0 Å². The number of rotatable bonds is 6. The van der Waals surface area contributed by atoms with Gasteiger partial charge >= 0.3 is 0 Å². The van der Waals surface area contributed by atoms with E-state index in [0.29, 0.717) is 12.8 Å². The molecule has 2 aliphatic rings. The molecule has 1 heterocycles. The van der Waals surface area contributed by atoms with Gasteiger partial charge in [0.25, 0.3) is 29.1 Å². The Morgan fingerprint density at radius 2 is 1.80 bits per heavy atom. The van der Waals surface area contributed by atoms with Gasteiger partial charge in [-0.2, -0.15) is 5.01 Å². The van der Waals surface area contributed by atoms with Crippen LogP contribution in [0.15, 0.2) is 54.1 Å². The second kappa shape index (κ2) is 9.26. The van der Waals surface area contributed by atoms with Crippen LogP contribution in [0.3, 0.4) is 0 Å². The first-order valence-corrected chi connectivity index (χ1v) is 11.0. The molecular weight excluding hydrogens is 480 g/mol. The van der Waals surface area contributed by atoms with Crippen molar-refractivity contribution in [3.05, 3.63) is 90.5 Å². The fourth-order valence-electron chi connectivity index (χ4n) is 4.39. The summed E-state index contributed by atoms with van der Waals surface area (Å²) in [5, 5.41) is 24.5. The molecule has 35 heavy (non-hydrogen) atoms. The van der Waals surface area contributed by atoms with E-state index >= 15 is 0 Å². The van der Waals surface area contributed by atoms with Crippen LogP contribution in [0.25, 0.3) is 0 Å². The quantitative estimate of drug-likeness (QED) is 0.253. The van der Waals surface area contributed by atoms with Crippen LogP contribution >= 0.6 is 11.6 Å². The summed E-state index contributed by atoms with van der Waals surface area (Å²) in [6.07, 6.45) is 2.55. The summed E-state index contributed by atoms with van der Waals surface area (Å²) >= 11 is 5.90. The SMILES string of the molecule is CC1=CC[C@H]2C(=O)N(N(Cc3ccc(Cl)cc3[N+](=O)[O-])C(=O)c3cccc([N+](=O)[O-])c3)C(=O)[C@H]2C1. The van der Waals surface area contributed by atoms with Gasteiger partial charge in [-0.15, -0.1) is 0 Å². The number of halogens is 1. The zero-order valence-corrected chi connectivity index (χ0v) is 19.2. The summed E-state index contributed by atoms with van der Waals surface area (Å²) in [5.74, 6) is -3.40. The Hall–Kier alpha value is -4.12. The number of amides is 3. The van der Waals surface area contributed by atoms with E-state index in [-0.39, 0.29) is 21.8 Å². The monoisotopic (exact) mass is 498 g/mol. The number of hydrazine groups is 1. The van der Waals surface area contributed by atoms with E-state index in [9.17, 15) is 34.6 Å². The van der Waals surface area contributed by atoms with Crippen LogP contribution in [0.5, 0.6) is 0 Å². The smallest absolute Gasteiger partial charge is 0.272 e. The van der Waals surface area contributed by atoms with Crippen LogP contribution in [0.1, 0.15) is 35.7 Å². The molecule has 0 radical (unpaired) electrons. The first-order valence-electron chi connectivity index (χ1n) is 10.6. The van der Waals surface area contributed by atoms with Crippen molar-refractivity contribution in [2.75, 3.05) is 0 Å². The molecule has 2 aromatic rings. The molecule has 0 bridgehead atoms. The molecule has 1 aliphatic carbocycles. The standard InChI is InChI=1S/C23H19ClN4O7/c1-13-5-8-18-19(9-13)23(31)26(22(18)30)25(12-15-6-7-16(24)11-20(15)28(34)35)21(29)14-3-2-4-17(10-14)27(32)33/h2-7,10-11,18-19H,8-9,12H2,1H3/t18-,19+/m1/s1. The summed E-state index contributed by atoms with van der Waals surface area (Å²) in [6, 6.07) is 8.65. The molecule has 0 spiro atoms. The van der Waals surface area contributed by atoms with Crippen molar-refractivity contribution in [2.24, 2.45) is 11.8 Å². The summed E-state index contributed by atoms with van der Waals surface area (Å²) < 4.78 is 0. The Morgan fingerprint density at radius 3 is 2.49 bits per heavy atom. The van der Waals surface area contributed by atoms with Crippen molar-refractivity contribution >= 4 is 40.7 Å². The third-order valence-corrected chi connectivity index (χ3v) is 6.38. The molecule has 2 atom stereocenters. The molecule has 0 unspecified atom stereocenters. The summed E-state index contributed by atoms with van der Waals surface area (Å²) in [6.45, 7) is 1.35. The number of fused-ring (bicyclic) bond motifs is 1. The number of nitro benzene ring substituents is 2. The number of hydrogen-bond acceptors (Lipinski definition) is 7. The van der Waals surface area contributed by atoms with Gasteiger partial charge in [0, 0.05) is 28.8 Å². The summed E-state index contributed by atoms with van der Waals surface area (Å²) in [7, 11) is 0. The fraction of sp³-hybridized carbons (Fsp3) is 0.261. The molecule has 180 valence electrons. The van der Waals surface area contributed by atoms with E-state index in [4.69, 9.17) is 11.6 Å². The van der Waals surface area contributed by atoms with Crippen LogP contribution in [0, 0.1) is 32.1 Å². The van der Waals surface area contributed by atoms with Crippen LogP contribution in [-0.4, -0.2) is 37.6 Å². The molecular formula is C23H19ClN4O7. The van der Waals surface area contributed by atoms with Gasteiger partial charge in [0.2, 0.25) is 0 Å². The van der Waals surface area contributed by atoms with Gasteiger partial charge in [-0.1, -0.05) is 29.3 Å². The Balaban J connectivity index is 1.79. The second-order valence-corrected chi connectivity index (χ2v) is 8.83. The van der Waals surface area contributed by atoms with E-state index in [1.165, 1.54) is 30.3 Å². The van der Waals surface area contributed by atoms with Crippen LogP contribution in [0.2, 0.25) is 5.02 Å². The summed E-state index contributed by atoms with van der Waals surface area (Å²) in [5.41, 5.74) is 0.0620. The van der Waals surface area contributed by atoms with Crippen molar-refractivity contribution in [3.63, 3.8) is 0 Å². The number of benzene rings is 2. The summed E-state index contributed by atoms with van der Waals surface area (Å²) in [4.78, 5) is 61.7. The van der Waals surface area contributed by atoms with Crippen molar-refractivity contribution < 1.29 is 24.2 Å². The number of carbonyl (C=O) groups is 3. The van der Waals surface area contributed by atoms with E-state index in [1.54, 1.807) is 0 Å². The first kappa shape index (κ1) is 24.0. The molecule has 1 aliphatic heterocycles. The third-order valence-electron chi connectivity index (χ3n) is 6.14. The number of nitro groups is 2. The third kappa shape index (κ3) is 4.50. The van der Waals surface area contributed by atoms with Gasteiger partial charge in [0.05, 0.1) is 33.8 Å². The largest absolute Gasteiger partial charge is 0.275 e. The lowest BCUT2D eigenvalue weighted by atomic mass is 9.82. The number of nitrogens with zero attached hydrogens (tertiary/aromatic N) is 4. The van der Waals surface area contributed by atoms with E-state index in [0.717, 1.165) is 27.7 Å². The predicted octanol–water partition coefficient (Wildman–Crippen LogP) is 4.06. The van der Waals surface area contributed by atoms with Crippen molar-refractivity contribution in [3.8, 4) is 0 Å². The Bertz CT molecular complexity index is 1310. The number of imide groups is 1. The van der Waals surface area contributed by atoms with Gasteiger partial charge in [-0.05, 0) is 38.0 Å². The Morgan fingerprint density at radius 1 is 1.09 bits per heavy atom. The molecule has 0 N–H and O–H groups in total. The minimum Gasteiger partial charge on any atom is -0.272 e. The average molecular weight is 499 g/mol. The van der Waals surface area contributed by atoms with Gasteiger partial charge < -0.3 is 0 Å². The van der Waals surface area contributed by atoms with E-state index in [1.807, 2.05) is 13.0 Å². The molecule has 0 saturated carbocycles. The highest BCUT2D eigenvalue weighted by Gasteiger charge is 2.51. The van der Waals surface area contributed by atoms with Gasteiger partial charge in [-0.3, -0.25) is 34.6 Å². The highest BCUT2D eigenvalue weighted by molar-refractivity contribution is 6.30. The van der Waals surface area contributed by atoms with Crippen LogP contribution < -0.4 is 0 Å². The number of carbonyl (C=O) groups excluding carboxylic acids is 3. The maximum Gasteiger partial charge on any atom is 0.275 e. The lowest BCUT2D eigenvalue weighted by Gasteiger charge is -2.30. The lowest BCUT2D eigenvalue weighted by molar-refractivity contribution is -0.385. The van der Waals surface area contributed by atoms with Crippen molar-refractivity contribution in [2.45, 2.75) is 26.3 Å². The minimum absolute atomic E-state index is 0.0305. The van der Waals surface area contributed by atoms with Gasteiger partial charge in [-0.25, -0.2) is 5.01 Å². The molecule has 2 aromatic carbocycles. The zero-order chi connectivity index (χ0) is 25.4. The molecule has 1 saturated heterocycles. The minimum atomic E-state index is -0.886. The molecule has 12 heteroatoms. The van der Waals surface area contributed by atoms with Crippen LogP contribution in [0.4, 0.5) is 11.4 Å². The number of non-ortho nitro benzene ring substituents is 1. The topological polar surface area (TPSA) is 144 Å². The fourth-order valence-corrected chi connectivity index (χ4v) is 4.56. The molecule has 1 fully saturated rings. The highest BCUT2D eigenvalue weighted by atomic mass is 35.5. The highest BCUT2D eigenvalue weighted by Crippen LogP contribution is 2.39. The van der Waals surface area contributed by atoms with Crippen molar-refractivity contribution in [1.82, 2.24) is 10.0 Å². The Kier molecular flexibility index (Phi) is 6.35. The normalized spacial score (nSPS) is 19.3. The molecule has 0 aromatic heterocycles. The van der Waals surface area contributed by atoms with Gasteiger partial charge in [0.15, 0.2) is 0 Å². The second-order valence-electron chi connectivity index (χ2n) is 8.39. The Labute approximate surface area is 203 Å². The molecule has 4 rings (SSSR count). The number of hydrogen-bond donors (Lipinski definition) is 0.